The van der Waals surface area contributed by atoms with E-state index in [4.69, 9.17) is 0 Å². The fourth-order valence-corrected chi connectivity index (χ4v) is 1.62. The maximum atomic E-state index is 11.2. The minimum Gasteiger partial charge on any atom is -0.480 e. The Kier molecular flexibility index (Phi) is 4.26. The first kappa shape index (κ1) is 12.5. The van der Waals surface area contributed by atoms with Gasteiger partial charge in [-0.3, -0.25) is 10.1 Å². The fraction of sp³-hybridized carbons (Fsp3) is 0.308. The summed E-state index contributed by atoms with van der Waals surface area (Å²) in [4.78, 5) is 11.2. The van der Waals surface area contributed by atoms with Crippen molar-refractivity contribution in [2.75, 3.05) is 6.54 Å². The van der Waals surface area contributed by atoms with Crippen LogP contribution in [0.2, 0.25) is 0 Å². The molecular weight excluding hydrogens is 202 g/mol. The van der Waals surface area contributed by atoms with Gasteiger partial charge >= 0.3 is 5.97 Å². The molecule has 0 aliphatic carbocycles. The zero-order valence-corrected chi connectivity index (χ0v) is 9.66. The summed E-state index contributed by atoms with van der Waals surface area (Å²) in [5, 5.41) is 12.1. The lowest BCUT2D eigenvalue weighted by atomic mass is 9.97. The first-order chi connectivity index (χ1) is 7.57. The quantitative estimate of drug-likeness (QED) is 0.746. The molecule has 0 aliphatic rings. The number of benzene rings is 1. The van der Waals surface area contributed by atoms with Crippen molar-refractivity contribution >= 4 is 5.97 Å². The Morgan fingerprint density at radius 2 is 2.25 bits per heavy atom. The predicted octanol–water partition coefficient (Wildman–Crippen LogP) is 2.20. The number of aryl methyl sites for hydroxylation is 1. The van der Waals surface area contributed by atoms with Gasteiger partial charge in [0.1, 0.15) is 6.04 Å². The van der Waals surface area contributed by atoms with Crippen LogP contribution in [-0.2, 0) is 4.79 Å². The molecule has 1 rings (SSSR count). The topological polar surface area (TPSA) is 49.3 Å². The summed E-state index contributed by atoms with van der Waals surface area (Å²) in [6.45, 7) is 7.96. The van der Waals surface area contributed by atoms with Crippen LogP contribution in [-0.4, -0.2) is 17.6 Å². The van der Waals surface area contributed by atoms with Crippen molar-refractivity contribution in [3.8, 4) is 0 Å². The number of carboxylic acid groups (broad SMARTS) is 1. The molecule has 86 valence electrons. The van der Waals surface area contributed by atoms with E-state index in [1.54, 1.807) is 6.08 Å². The molecule has 0 bridgehead atoms. The second-order valence-electron chi connectivity index (χ2n) is 3.76. The lowest BCUT2D eigenvalue weighted by molar-refractivity contribution is -0.139. The third-order valence-electron chi connectivity index (χ3n) is 2.67. The highest BCUT2D eigenvalue weighted by atomic mass is 16.4. The van der Waals surface area contributed by atoms with E-state index >= 15 is 0 Å². The molecule has 1 aromatic rings. The van der Waals surface area contributed by atoms with Crippen LogP contribution < -0.4 is 5.32 Å². The average Bonchev–Trinajstić information content (AvgIpc) is 2.24. The molecule has 0 amide bonds. The van der Waals surface area contributed by atoms with E-state index in [1.807, 2.05) is 32.0 Å². The van der Waals surface area contributed by atoms with Crippen molar-refractivity contribution < 1.29 is 9.90 Å². The molecule has 0 saturated heterocycles. The fourth-order valence-electron chi connectivity index (χ4n) is 1.62. The summed E-state index contributed by atoms with van der Waals surface area (Å²) in [5.74, 6) is -0.865. The Balaban J connectivity index is 3.05. The number of carboxylic acids is 1. The van der Waals surface area contributed by atoms with Crippen LogP contribution >= 0.6 is 0 Å². The van der Waals surface area contributed by atoms with Crippen LogP contribution in [0.1, 0.15) is 22.7 Å². The van der Waals surface area contributed by atoms with E-state index in [-0.39, 0.29) is 0 Å². The van der Waals surface area contributed by atoms with Crippen LogP contribution in [0.5, 0.6) is 0 Å². The molecule has 0 radical (unpaired) electrons. The molecule has 2 N–H and O–H groups in total. The SMILES string of the molecule is C=CCNC(C(=O)O)c1cccc(C)c1C. The monoisotopic (exact) mass is 219 g/mol. The van der Waals surface area contributed by atoms with Crippen molar-refractivity contribution in [1.29, 1.82) is 0 Å². The van der Waals surface area contributed by atoms with Crippen molar-refractivity contribution in [2.45, 2.75) is 19.9 Å². The summed E-state index contributed by atoms with van der Waals surface area (Å²) in [7, 11) is 0. The van der Waals surface area contributed by atoms with Crippen LogP contribution in [0.25, 0.3) is 0 Å². The standard InChI is InChI=1S/C13H17NO2/c1-4-8-14-12(13(15)16)11-7-5-6-9(2)10(11)3/h4-7,12,14H,1,8H2,2-3H3,(H,15,16). The van der Waals surface area contributed by atoms with Gasteiger partial charge in [-0.15, -0.1) is 6.58 Å². The Labute approximate surface area is 95.8 Å². The van der Waals surface area contributed by atoms with E-state index in [1.165, 1.54) is 0 Å². The molecule has 16 heavy (non-hydrogen) atoms. The first-order valence-electron chi connectivity index (χ1n) is 5.21. The molecule has 3 heteroatoms. The van der Waals surface area contributed by atoms with Crippen molar-refractivity contribution in [1.82, 2.24) is 5.32 Å². The molecule has 1 unspecified atom stereocenters. The predicted molar refractivity (Wildman–Crippen MR) is 64.5 cm³/mol. The van der Waals surface area contributed by atoms with E-state index in [9.17, 15) is 9.90 Å². The van der Waals surface area contributed by atoms with E-state index < -0.39 is 12.0 Å². The normalized spacial score (nSPS) is 12.1. The third kappa shape index (κ3) is 2.70. The highest BCUT2D eigenvalue weighted by molar-refractivity contribution is 5.76. The smallest absolute Gasteiger partial charge is 0.325 e. The highest BCUT2D eigenvalue weighted by Gasteiger charge is 2.20. The summed E-state index contributed by atoms with van der Waals surface area (Å²) in [6, 6.07) is 5.03. The number of carbonyl (C=O) groups is 1. The summed E-state index contributed by atoms with van der Waals surface area (Å²) in [6.07, 6.45) is 1.65. The minimum atomic E-state index is -0.865. The summed E-state index contributed by atoms with van der Waals surface area (Å²) < 4.78 is 0. The Bertz CT molecular complexity index is 399. The number of nitrogens with one attached hydrogen (secondary N) is 1. The maximum Gasteiger partial charge on any atom is 0.325 e. The van der Waals surface area contributed by atoms with Gasteiger partial charge in [0, 0.05) is 6.54 Å². The Morgan fingerprint density at radius 3 is 2.81 bits per heavy atom. The van der Waals surface area contributed by atoms with Gasteiger partial charge in [-0.2, -0.15) is 0 Å². The Hall–Kier alpha value is -1.61. The molecule has 3 nitrogen and oxygen atoms in total. The average molecular weight is 219 g/mol. The number of rotatable bonds is 5. The Morgan fingerprint density at radius 1 is 1.56 bits per heavy atom. The van der Waals surface area contributed by atoms with Gasteiger partial charge in [-0.1, -0.05) is 24.3 Å². The van der Waals surface area contributed by atoms with Crippen molar-refractivity contribution in [3.63, 3.8) is 0 Å². The molecule has 0 spiro atoms. The van der Waals surface area contributed by atoms with Crippen LogP contribution in [0.3, 0.4) is 0 Å². The first-order valence-corrected chi connectivity index (χ1v) is 5.21. The van der Waals surface area contributed by atoms with Gasteiger partial charge in [-0.05, 0) is 30.5 Å². The number of aliphatic carboxylic acids is 1. The largest absolute Gasteiger partial charge is 0.480 e. The lowest BCUT2D eigenvalue weighted by Crippen LogP contribution is -2.29. The van der Waals surface area contributed by atoms with Gasteiger partial charge in [0.15, 0.2) is 0 Å². The van der Waals surface area contributed by atoms with Gasteiger partial charge < -0.3 is 5.11 Å². The van der Waals surface area contributed by atoms with Gasteiger partial charge in [0.05, 0.1) is 0 Å². The zero-order valence-electron chi connectivity index (χ0n) is 9.66. The van der Waals surface area contributed by atoms with Crippen molar-refractivity contribution in [3.05, 3.63) is 47.5 Å². The zero-order chi connectivity index (χ0) is 12.1. The van der Waals surface area contributed by atoms with Crippen molar-refractivity contribution in [2.24, 2.45) is 0 Å². The molecular formula is C13H17NO2. The van der Waals surface area contributed by atoms with Gasteiger partial charge in [0.25, 0.3) is 0 Å². The molecule has 1 atom stereocenters. The lowest BCUT2D eigenvalue weighted by Gasteiger charge is -2.17. The molecule has 0 aromatic heterocycles. The minimum absolute atomic E-state index is 0.477. The van der Waals surface area contributed by atoms with E-state index in [0.717, 1.165) is 16.7 Å². The molecule has 0 aliphatic heterocycles. The maximum absolute atomic E-state index is 11.2. The summed E-state index contributed by atoms with van der Waals surface area (Å²) in [5.41, 5.74) is 2.94. The number of hydrogen-bond acceptors (Lipinski definition) is 2. The number of hydrogen-bond donors (Lipinski definition) is 2. The van der Waals surface area contributed by atoms with E-state index in [0.29, 0.717) is 6.54 Å². The summed E-state index contributed by atoms with van der Waals surface area (Å²) >= 11 is 0. The highest BCUT2D eigenvalue weighted by Crippen LogP contribution is 2.20. The van der Waals surface area contributed by atoms with Crippen LogP contribution in [0.4, 0.5) is 0 Å². The molecule has 1 aromatic carbocycles. The van der Waals surface area contributed by atoms with Gasteiger partial charge in [-0.25, -0.2) is 0 Å². The van der Waals surface area contributed by atoms with Crippen LogP contribution in [0.15, 0.2) is 30.9 Å². The molecule has 0 saturated carbocycles. The van der Waals surface area contributed by atoms with Crippen LogP contribution in [0, 0.1) is 13.8 Å². The van der Waals surface area contributed by atoms with Gasteiger partial charge in [0.2, 0.25) is 0 Å². The molecule has 0 heterocycles. The molecule has 0 fully saturated rings. The second kappa shape index (κ2) is 5.47. The van der Waals surface area contributed by atoms with E-state index in [2.05, 4.69) is 11.9 Å². The second-order valence-corrected chi connectivity index (χ2v) is 3.76. The third-order valence-corrected chi connectivity index (χ3v) is 2.67.